The summed E-state index contributed by atoms with van der Waals surface area (Å²) in [5.74, 6) is 0. The molecule has 0 unspecified atom stereocenters. The molecule has 2 aromatic heterocycles. The Balaban J connectivity index is 2.86. The molecule has 4 radical (unpaired) electrons. The number of pyridine rings is 1. The van der Waals surface area contributed by atoms with E-state index in [4.69, 9.17) is 13.8 Å². The first kappa shape index (κ1) is 6.34. The largest absolute Gasteiger partial charge is 0.221 e. The maximum atomic E-state index is 5.54. The lowest BCUT2D eigenvalue weighted by Crippen LogP contribution is -1.90. The third kappa shape index (κ3) is 0.888. The third-order valence-corrected chi connectivity index (χ3v) is 1.48. The van der Waals surface area contributed by atoms with Crippen molar-refractivity contribution in [3.8, 4) is 0 Å². The molecule has 0 aliphatic carbocycles. The van der Waals surface area contributed by atoms with Gasteiger partial charge in [-0.2, -0.15) is 5.10 Å². The van der Waals surface area contributed by atoms with Gasteiger partial charge in [0.25, 0.3) is 0 Å². The van der Waals surface area contributed by atoms with Gasteiger partial charge < -0.3 is 0 Å². The third-order valence-electron chi connectivity index (χ3n) is 1.48. The zero-order valence-electron chi connectivity index (χ0n) is 5.73. The van der Waals surface area contributed by atoms with Crippen LogP contribution in [0.4, 0.5) is 0 Å². The van der Waals surface area contributed by atoms with Crippen LogP contribution in [0.25, 0.3) is 5.65 Å². The summed E-state index contributed by atoms with van der Waals surface area (Å²) in [6.07, 6.45) is 3.09. The van der Waals surface area contributed by atoms with Gasteiger partial charge >= 0.3 is 0 Å². The van der Waals surface area contributed by atoms with Crippen LogP contribution in [0.15, 0.2) is 18.6 Å². The van der Waals surface area contributed by atoms with E-state index in [1.165, 1.54) is 6.33 Å². The van der Waals surface area contributed by atoms with Crippen molar-refractivity contribution in [2.75, 3.05) is 0 Å². The summed E-state index contributed by atoms with van der Waals surface area (Å²) >= 11 is 0. The van der Waals surface area contributed by atoms with Crippen LogP contribution in [-0.2, 0) is 0 Å². The maximum absolute atomic E-state index is 5.54. The van der Waals surface area contributed by atoms with Crippen molar-refractivity contribution in [1.82, 2.24) is 14.6 Å². The number of hydrogen-bond donors (Lipinski definition) is 0. The molecule has 0 aliphatic heterocycles. The zero-order valence-corrected chi connectivity index (χ0v) is 5.73. The van der Waals surface area contributed by atoms with Crippen LogP contribution in [0.1, 0.15) is 11.1 Å². The standard InChI is InChI=1S/C8H5N3/c1-6-3-8-9-5-10-11(8)4-7(6)2/h1-5H. The van der Waals surface area contributed by atoms with E-state index in [-0.39, 0.29) is 0 Å². The van der Waals surface area contributed by atoms with Crippen molar-refractivity contribution in [2.45, 2.75) is 0 Å². The summed E-state index contributed by atoms with van der Waals surface area (Å²) in [7, 11) is 0. The van der Waals surface area contributed by atoms with Crippen LogP contribution < -0.4 is 0 Å². The van der Waals surface area contributed by atoms with Crippen LogP contribution in [0.3, 0.4) is 0 Å². The van der Waals surface area contributed by atoms with Gasteiger partial charge in [-0.25, -0.2) is 9.50 Å². The monoisotopic (exact) mass is 143 g/mol. The average molecular weight is 143 g/mol. The van der Waals surface area contributed by atoms with Crippen LogP contribution in [0, 0.1) is 13.8 Å². The fourth-order valence-electron chi connectivity index (χ4n) is 0.890. The Morgan fingerprint density at radius 2 is 2.09 bits per heavy atom. The first-order valence-corrected chi connectivity index (χ1v) is 3.12. The van der Waals surface area contributed by atoms with Gasteiger partial charge in [0.1, 0.15) is 6.33 Å². The fraction of sp³-hybridized carbons (Fsp3) is 0. The Morgan fingerprint density at radius 3 is 2.91 bits per heavy atom. The highest BCUT2D eigenvalue weighted by Gasteiger charge is 1.97. The number of hydrogen-bond acceptors (Lipinski definition) is 2. The SMILES string of the molecule is [CH]c1cc2ncnn2cc1[CH]. The molecule has 3 heteroatoms. The van der Waals surface area contributed by atoms with Crippen molar-refractivity contribution < 1.29 is 0 Å². The van der Waals surface area contributed by atoms with Gasteiger partial charge in [0.15, 0.2) is 5.65 Å². The van der Waals surface area contributed by atoms with E-state index in [1.54, 1.807) is 16.8 Å². The summed E-state index contributed by atoms with van der Waals surface area (Å²) in [4.78, 5) is 3.94. The second-order valence-electron chi connectivity index (χ2n) is 2.25. The Labute approximate surface area is 64.7 Å². The van der Waals surface area contributed by atoms with Crippen molar-refractivity contribution in [2.24, 2.45) is 0 Å². The minimum Gasteiger partial charge on any atom is -0.221 e. The smallest absolute Gasteiger partial charge is 0.155 e. The van der Waals surface area contributed by atoms with E-state index in [1.807, 2.05) is 0 Å². The lowest BCUT2D eigenvalue weighted by atomic mass is 10.2. The summed E-state index contributed by atoms with van der Waals surface area (Å²) in [5, 5.41) is 3.89. The van der Waals surface area contributed by atoms with Gasteiger partial charge in [-0.05, 0) is 24.1 Å². The molecule has 0 aromatic carbocycles. The second kappa shape index (κ2) is 2.05. The van der Waals surface area contributed by atoms with E-state index in [2.05, 4.69) is 10.1 Å². The molecule has 0 spiro atoms. The van der Waals surface area contributed by atoms with Crippen LogP contribution in [0.2, 0.25) is 0 Å². The minimum absolute atomic E-state index is 0.517. The summed E-state index contributed by atoms with van der Waals surface area (Å²) in [6.45, 7) is 11.1. The second-order valence-corrected chi connectivity index (χ2v) is 2.25. The Hall–Kier alpha value is -1.38. The molecule has 0 saturated carbocycles. The molecule has 2 heterocycles. The van der Waals surface area contributed by atoms with Crippen molar-refractivity contribution in [3.63, 3.8) is 0 Å². The van der Waals surface area contributed by atoms with Crippen molar-refractivity contribution in [3.05, 3.63) is 43.6 Å². The number of rotatable bonds is 0. The van der Waals surface area contributed by atoms with E-state index < -0.39 is 0 Å². The van der Waals surface area contributed by atoms with Crippen molar-refractivity contribution >= 4 is 5.65 Å². The van der Waals surface area contributed by atoms with E-state index in [0.29, 0.717) is 16.8 Å². The molecule has 0 aliphatic rings. The quantitative estimate of drug-likeness (QED) is 0.547. The molecular weight excluding hydrogens is 138 g/mol. The molecule has 0 N–H and O–H groups in total. The molecule has 2 rings (SSSR count). The Morgan fingerprint density at radius 1 is 1.27 bits per heavy atom. The molecule has 0 atom stereocenters. The van der Waals surface area contributed by atoms with E-state index in [9.17, 15) is 0 Å². The lowest BCUT2D eigenvalue weighted by molar-refractivity contribution is 0.955. The van der Waals surface area contributed by atoms with Gasteiger partial charge in [-0.1, -0.05) is 0 Å². The van der Waals surface area contributed by atoms with Crippen LogP contribution in [0.5, 0.6) is 0 Å². The Kier molecular flexibility index (Phi) is 1.18. The number of fused-ring (bicyclic) bond motifs is 1. The molecule has 0 fully saturated rings. The molecule has 3 nitrogen and oxygen atoms in total. The molecule has 2 aromatic rings. The summed E-state index contributed by atoms with van der Waals surface area (Å²) in [5.41, 5.74) is 1.75. The lowest BCUT2D eigenvalue weighted by Gasteiger charge is -1.97. The summed E-state index contributed by atoms with van der Waals surface area (Å²) in [6, 6.07) is 1.68. The van der Waals surface area contributed by atoms with Gasteiger partial charge in [0, 0.05) is 13.1 Å². The predicted octanol–water partition coefficient (Wildman–Crippen LogP) is 0.848. The van der Waals surface area contributed by atoms with Gasteiger partial charge in [-0.15, -0.1) is 0 Å². The highest BCUT2D eigenvalue weighted by Crippen LogP contribution is 2.07. The normalized spacial score (nSPS) is 10.7. The molecule has 0 bridgehead atoms. The maximum Gasteiger partial charge on any atom is 0.155 e. The average Bonchev–Trinajstić information content (AvgIpc) is 2.36. The van der Waals surface area contributed by atoms with Gasteiger partial charge in [0.2, 0.25) is 0 Å². The predicted molar refractivity (Wildman–Crippen MR) is 39.8 cm³/mol. The molecule has 0 amide bonds. The molecular formula is C8H5N3. The number of aromatic nitrogens is 3. The number of nitrogens with zero attached hydrogens (tertiary/aromatic N) is 3. The highest BCUT2D eigenvalue weighted by molar-refractivity contribution is 5.45. The topological polar surface area (TPSA) is 30.2 Å². The first-order valence-electron chi connectivity index (χ1n) is 3.12. The van der Waals surface area contributed by atoms with Crippen molar-refractivity contribution in [1.29, 1.82) is 0 Å². The van der Waals surface area contributed by atoms with Crippen LogP contribution in [-0.4, -0.2) is 14.6 Å². The zero-order chi connectivity index (χ0) is 7.84. The summed E-state index contributed by atoms with van der Waals surface area (Å²) < 4.78 is 1.58. The molecule has 0 saturated heterocycles. The first-order chi connectivity index (χ1) is 5.27. The van der Waals surface area contributed by atoms with E-state index in [0.717, 1.165) is 0 Å². The molecule has 11 heavy (non-hydrogen) atoms. The molecule has 52 valence electrons. The minimum atomic E-state index is 0.517. The fourth-order valence-corrected chi connectivity index (χ4v) is 0.890. The van der Waals surface area contributed by atoms with Gasteiger partial charge in [0.05, 0.1) is 0 Å². The van der Waals surface area contributed by atoms with E-state index >= 15 is 0 Å². The highest BCUT2D eigenvalue weighted by atomic mass is 15.3. The Bertz CT molecular complexity index is 353. The van der Waals surface area contributed by atoms with Gasteiger partial charge in [-0.3, -0.25) is 0 Å². The van der Waals surface area contributed by atoms with Crippen LogP contribution >= 0.6 is 0 Å².